The van der Waals surface area contributed by atoms with E-state index in [1.165, 1.54) is 38.2 Å². The molecule has 1 aliphatic rings. The molecule has 2 rings (SSSR count). The average Bonchev–Trinajstić information content (AvgIpc) is 2.45. The first kappa shape index (κ1) is 15.1. The number of aromatic nitrogens is 2. The summed E-state index contributed by atoms with van der Waals surface area (Å²) in [5.74, 6) is -0.215. The number of aryl methyl sites for hydroxylation is 1. The molecule has 1 fully saturated rings. The topological polar surface area (TPSA) is 72.2 Å². The number of hydrogen-bond donors (Lipinski definition) is 1. The predicted molar refractivity (Wildman–Crippen MR) is 78.0 cm³/mol. The molecule has 0 atom stereocenters. The Kier molecular flexibility index (Phi) is 5.64. The van der Waals surface area contributed by atoms with Gasteiger partial charge in [-0.3, -0.25) is 9.59 Å². The van der Waals surface area contributed by atoms with Crippen LogP contribution < -0.4 is 5.56 Å². The second kappa shape index (κ2) is 7.47. The molecule has 1 aromatic rings. The van der Waals surface area contributed by atoms with Crippen LogP contribution in [-0.2, 0) is 11.3 Å². The van der Waals surface area contributed by atoms with E-state index in [0.717, 1.165) is 30.6 Å². The fraction of sp³-hybridized carbons (Fsp3) is 0.643. The molecule has 0 aromatic carbocycles. The van der Waals surface area contributed by atoms with Gasteiger partial charge in [-0.2, -0.15) is 4.98 Å². The average molecular weight is 296 g/mol. The highest BCUT2D eigenvalue weighted by molar-refractivity contribution is 7.99. The highest BCUT2D eigenvalue weighted by atomic mass is 32.2. The Morgan fingerprint density at radius 3 is 2.85 bits per heavy atom. The van der Waals surface area contributed by atoms with Gasteiger partial charge in [-0.1, -0.05) is 43.9 Å². The summed E-state index contributed by atoms with van der Waals surface area (Å²) in [6.07, 6.45) is 9.33. The van der Waals surface area contributed by atoms with Crippen molar-refractivity contribution in [3.8, 4) is 0 Å². The highest BCUT2D eigenvalue weighted by Crippen LogP contribution is 2.27. The third kappa shape index (κ3) is 4.67. The molecular weight excluding hydrogens is 276 g/mol. The molecule has 0 bridgehead atoms. The molecule has 0 spiro atoms. The number of nitrogens with zero attached hydrogens (tertiary/aromatic N) is 2. The van der Waals surface area contributed by atoms with Gasteiger partial charge in [0.25, 0.3) is 5.56 Å². The molecule has 20 heavy (non-hydrogen) atoms. The van der Waals surface area contributed by atoms with Crippen LogP contribution in [0.3, 0.4) is 0 Å². The molecule has 110 valence electrons. The van der Waals surface area contributed by atoms with Crippen molar-refractivity contribution < 1.29 is 9.90 Å². The van der Waals surface area contributed by atoms with Crippen molar-refractivity contribution in [2.24, 2.45) is 5.92 Å². The van der Waals surface area contributed by atoms with Crippen molar-refractivity contribution in [2.75, 3.05) is 5.75 Å². The number of hydrogen-bond acceptors (Lipinski definition) is 4. The zero-order chi connectivity index (χ0) is 14.4. The Morgan fingerprint density at radius 1 is 1.40 bits per heavy atom. The van der Waals surface area contributed by atoms with Gasteiger partial charge in [0.2, 0.25) is 0 Å². The lowest BCUT2D eigenvalue weighted by atomic mass is 9.87. The Bertz CT molecular complexity index is 509. The van der Waals surface area contributed by atoms with Crippen LogP contribution >= 0.6 is 11.8 Å². The Balaban J connectivity index is 1.98. The van der Waals surface area contributed by atoms with E-state index in [1.54, 1.807) is 6.20 Å². The summed E-state index contributed by atoms with van der Waals surface area (Å²) in [7, 11) is 0. The van der Waals surface area contributed by atoms with E-state index in [4.69, 9.17) is 5.11 Å². The molecule has 0 saturated heterocycles. The quantitative estimate of drug-likeness (QED) is 0.644. The first-order valence-electron chi connectivity index (χ1n) is 7.07. The Hall–Kier alpha value is -1.30. The Labute approximate surface area is 122 Å². The van der Waals surface area contributed by atoms with Crippen molar-refractivity contribution in [1.82, 2.24) is 9.55 Å². The van der Waals surface area contributed by atoms with Gasteiger partial charge >= 0.3 is 5.97 Å². The van der Waals surface area contributed by atoms with Crippen LogP contribution in [0.25, 0.3) is 0 Å². The maximum absolute atomic E-state index is 11.3. The summed E-state index contributed by atoms with van der Waals surface area (Å²) in [5, 5.41) is 9.24. The largest absolute Gasteiger partial charge is 0.481 e. The predicted octanol–water partition coefficient (Wildman–Crippen LogP) is 2.39. The SMILES string of the molecule is O=C(O)CSc1nc(=O)ccn1CCC1CCCCC1. The van der Waals surface area contributed by atoms with E-state index in [-0.39, 0.29) is 11.3 Å². The van der Waals surface area contributed by atoms with Crippen molar-refractivity contribution in [3.05, 3.63) is 22.6 Å². The Morgan fingerprint density at radius 2 is 2.15 bits per heavy atom. The first-order chi connectivity index (χ1) is 9.65. The summed E-state index contributed by atoms with van der Waals surface area (Å²) < 4.78 is 1.91. The summed E-state index contributed by atoms with van der Waals surface area (Å²) >= 11 is 1.11. The number of carbonyl (C=O) groups is 1. The number of carboxylic acids is 1. The lowest BCUT2D eigenvalue weighted by molar-refractivity contribution is -0.133. The van der Waals surface area contributed by atoms with E-state index in [2.05, 4.69) is 4.98 Å². The normalized spacial score (nSPS) is 16.2. The first-order valence-corrected chi connectivity index (χ1v) is 8.06. The second-order valence-corrected chi connectivity index (χ2v) is 6.16. The number of carboxylic acid groups (broad SMARTS) is 1. The minimum absolute atomic E-state index is 0.0696. The number of aliphatic carboxylic acids is 1. The van der Waals surface area contributed by atoms with Crippen LogP contribution in [0.5, 0.6) is 0 Å². The smallest absolute Gasteiger partial charge is 0.313 e. The maximum atomic E-state index is 11.3. The van der Waals surface area contributed by atoms with E-state index in [0.29, 0.717) is 5.16 Å². The van der Waals surface area contributed by atoms with Gasteiger partial charge in [0.1, 0.15) is 0 Å². The highest BCUT2D eigenvalue weighted by Gasteiger charge is 2.14. The van der Waals surface area contributed by atoms with E-state index < -0.39 is 5.97 Å². The van der Waals surface area contributed by atoms with Crippen LogP contribution in [-0.4, -0.2) is 26.4 Å². The third-order valence-corrected chi connectivity index (χ3v) is 4.65. The van der Waals surface area contributed by atoms with E-state index >= 15 is 0 Å². The van der Waals surface area contributed by atoms with Crippen LogP contribution in [0.15, 0.2) is 22.2 Å². The molecule has 1 saturated carbocycles. The standard InChI is InChI=1S/C14H20N2O3S/c17-12-7-9-16(14(15-12)20-10-13(18)19)8-6-11-4-2-1-3-5-11/h7,9,11H,1-6,8,10H2,(H,18,19). The minimum Gasteiger partial charge on any atom is -0.481 e. The summed E-state index contributed by atoms with van der Waals surface area (Å²) in [4.78, 5) is 25.9. The van der Waals surface area contributed by atoms with Crippen molar-refractivity contribution in [3.63, 3.8) is 0 Å². The van der Waals surface area contributed by atoms with E-state index in [1.807, 2.05) is 4.57 Å². The van der Waals surface area contributed by atoms with Gasteiger partial charge in [-0.15, -0.1) is 0 Å². The monoisotopic (exact) mass is 296 g/mol. The maximum Gasteiger partial charge on any atom is 0.313 e. The molecule has 1 aromatic heterocycles. The molecule has 0 amide bonds. The molecule has 6 heteroatoms. The number of rotatable bonds is 6. The van der Waals surface area contributed by atoms with Crippen molar-refractivity contribution in [1.29, 1.82) is 0 Å². The molecule has 0 aliphatic heterocycles. The number of thioether (sulfide) groups is 1. The third-order valence-electron chi connectivity index (χ3n) is 3.68. The molecule has 5 nitrogen and oxygen atoms in total. The molecule has 1 N–H and O–H groups in total. The zero-order valence-electron chi connectivity index (χ0n) is 11.5. The summed E-state index contributed by atoms with van der Waals surface area (Å²) in [5.41, 5.74) is -0.313. The van der Waals surface area contributed by atoms with Gasteiger partial charge in [-0.05, 0) is 12.3 Å². The molecular formula is C14H20N2O3S. The summed E-state index contributed by atoms with van der Waals surface area (Å²) in [6, 6.07) is 1.44. The fourth-order valence-electron chi connectivity index (χ4n) is 2.62. The summed E-state index contributed by atoms with van der Waals surface area (Å²) in [6.45, 7) is 0.805. The second-order valence-electron chi connectivity index (χ2n) is 5.22. The fourth-order valence-corrected chi connectivity index (χ4v) is 3.35. The van der Waals surface area contributed by atoms with Crippen molar-refractivity contribution >= 4 is 17.7 Å². The van der Waals surface area contributed by atoms with Gasteiger partial charge in [0.05, 0.1) is 5.75 Å². The van der Waals surface area contributed by atoms with Gasteiger partial charge < -0.3 is 9.67 Å². The van der Waals surface area contributed by atoms with Crippen molar-refractivity contribution in [2.45, 2.75) is 50.2 Å². The van der Waals surface area contributed by atoms with Crippen LogP contribution in [0, 0.1) is 5.92 Å². The van der Waals surface area contributed by atoms with Gasteiger partial charge in [0, 0.05) is 18.8 Å². The zero-order valence-corrected chi connectivity index (χ0v) is 12.3. The van der Waals surface area contributed by atoms with Crippen LogP contribution in [0.4, 0.5) is 0 Å². The molecule has 1 aliphatic carbocycles. The lowest BCUT2D eigenvalue weighted by Gasteiger charge is -2.22. The minimum atomic E-state index is -0.896. The molecule has 1 heterocycles. The molecule has 0 unspecified atom stereocenters. The van der Waals surface area contributed by atoms with Crippen LogP contribution in [0.1, 0.15) is 38.5 Å². The van der Waals surface area contributed by atoms with E-state index in [9.17, 15) is 9.59 Å². The molecule has 0 radical (unpaired) electrons. The van der Waals surface area contributed by atoms with Crippen LogP contribution in [0.2, 0.25) is 0 Å². The van der Waals surface area contributed by atoms with Gasteiger partial charge in [-0.25, -0.2) is 0 Å². The lowest BCUT2D eigenvalue weighted by Crippen LogP contribution is -2.16. The van der Waals surface area contributed by atoms with Gasteiger partial charge in [0.15, 0.2) is 5.16 Å².